The Morgan fingerprint density at radius 3 is 3.06 bits per heavy atom. The van der Waals surface area contributed by atoms with Crippen LogP contribution in [0.15, 0.2) is 6.20 Å². The standard InChI is InChI=1S/C10H16ClN3S.ClH/c1-14(6-8-3-2-4-12-8)7-9-5-13-10(11)15-9;/h5,8,12H,2-4,6-7H2,1H3;1H. The highest BCUT2D eigenvalue weighted by molar-refractivity contribution is 7.15. The average Bonchev–Trinajstić information content (AvgIpc) is 2.77. The fourth-order valence-corrected chi connectivity index (χ4v) is 3.03. The van der Waals surface area contributed by atoms with Gasteiger partial charge in [-0.25, -0.2) is 4.98 Å². The smallest absolute Gasteiger partial charge is 0.183 e. The topological polar surface area (TPSA) is 28.2 Å². The van der Waals surface area contributed by atoms with Gasteiger partial charge < -0.3 is 5.32 Å². The quantitative estimate of drug-likeness (QED) is 0.919. The summed E-state index contributed by atoms with van der Waals surface area (Å²) in [6.45, 7) is 3.23. The molecule has 1 aliphatic heterocycles. The Morgan fingerprint density at radius 1 is 1.69 bits per heavy atom. The van der Waals surface area contributed by atoms with E-state index in [0.717, 1.165) is 13.1 Å². The number of thiazole rings is 1. The molecule has 0 amide bonds. The summed E-state index contributed by atoms with van der Waals surface area (Å²) in [5.74, 6) is 0. The number of nitrogens with one attached hydrogen (secondary N) is 1. The van der Waals surface area contributed by atoms with Crippen molar-refractivity contribution in [1.29, 1.82) is 0 Å². The van der Waals surface area contributed by atoms with Crippen molar-refractivity contribution in [3.05, 3.63) is 15.5 Å². The molecule has 0 radical (unpaired) electrons. The van der Waals surface area contributed by atoms with Crippen LogP contribution in [0.25, 0.3) is 0 Å². The molecule has 0 saturated carbocycles. The minimum Gasteiger partial charge on any atom is -0.313 e. The van der Waals surface area contributed by atoms with Gasteiger partial charge in [0.05, 0.1) is 0 Å². The highest BCUT2D eigenvalue weighted by atomic mass is 35.5. The van der Waals surface area contributed by atoms with E-state index < -0.39 is 0 Å². The first-order valence-corrected chi connectivity index (χ1v) is 6.45. The Kier molecular flexibility index (Phi) is 6.00. The van der Waals surface area contributed by atoms with E-state index in [2.05, 4.69) is 22.2 Å². The zero-order valence-electron chi connectivity index (χ0n) is 9.28. The van der Waals surface area contributed by atoms with Crippen molar-refractivity contribution in [3.8, 4) is 0 Å². The molecule has 1 aliphatic rings. The molecule has 1 N–H and O–H groups in total. The largest absolute Gasteiger partial charge is 0.313 e. The van der Waals surface area contributed by atoms with Gasteiger partial charge in [-0.1, -0.05) is 11.6 Å². The van der Waals surface area contributed by atoms with Crippen molar-refractivity contribution in [2.24, 2.45) is 0 Å². The molecular weight excluding hydrogens is 265 g/mol. The summed E-state index contributed by atoms with van der Waals surface area (Å²) in [6.07, 6.45) is 4.48. The molecule has 2 rings (SSSR count). The highest BCUT2D eigenvalue weighted by Gasteiger charge is 2.16. The zero-order chi connectivity index (χ0) is 10.7. The third-order valence-electron chi connectivity index (χ3n) is 2.65. The fourth-order valence-electron chi connectivity index (χ4n) is 1.98. The van der Waals surface area contributed by atoms with Gasteiger partial charge in [0.1, 0.15) is 0 Å². The highest BCUT2D eigenvalue weighted by Crippen LogP contribution is 2.19. The predicted octanol–water partition coefficient (Wildman–Crippen LogP) is 2.40. The summed E-state index contributed by atoms with van der Waals surface area (Å²) in [6, 6.07) is 0.665. The van der Waals surface area contributed by atoms with Crippen LogP contribution in [-0.4, -0.2) is 36.1 Å². The molecule has 1 atom stereocenters. The van der Waals surface area contributed by atoms with Crippen molar-refractivity contribution in [1.82, 2.24) is 15.2 Å². The van der Waals surface area contributed by atoms with Gasteiger partial charge >= 0.3 is 0 Å². The minimum absolute atomic E-state index is 0. The molecule has 6 heteroatoms. The number of nitrogens with zero attached hydrogens (tertiary/aromatic N) is 2. The summed E-state index contributed by atoms with van der Waals surface area (Å²) >= 11 is 7.36. The van der Waals surface area contributed by atoms with Crippen molar-refractivity contribution < 1.29 is 0 Å². The molecule has 16 heavy (non-hydrogen) atoms. The molecule has 0 aromatic carbocycles. The van der Waals surface area contributed by atoms with E-state index in [4.69, 9.17) is 11.6 Å². The number of aromatic nitrogens is 1. The van der Waals surface area contributed by atoms with Crippen LogP contribution in [0.4, 0.5) is 0 Å². The lowest BCUT2D eigenvalue weighted by Gasteiger charge is -2.19. The van der Waals surface area contributed by atoms with Crippen LogP contribution in [-0.2, 0) is 6.54 Å². The third-order valence-corrected chi connectivity index (χ3v) is 3.75. The lowest BCUT2D eigenvalue weighted by molar-refractivity contribution is 0.295. The van der Waals surface area contributed by atoms with Crippen LogP contribution in [0.1, 0.15) is 17.7 Å². The van der Waals surface area contributed by atoms with E-state index in [1.807, 2.05) is 6.20 Å². The van der Waals surface area contributed by atoms with Crippen molar-refractivity contribution in [2.75, 3.05) is 20.1 Å². The molecule has 1 saturated heterocycles. The second-order valence-corrected chi connectivity index (χ2v) is 5.77. The number of rotatable bonds is 4. The van der Waals surface area contributed by atoms with Gasteiger partial charge in [0.15, 0.2) is 4.47 Å². The predicted molar refractivity (Wildman–Crippen MR) is 71.7 cm³/mol. The Balaban J connectivity index is 0.00000128. The van der Waals surface area contributed by atoms with E-state index in [9.17, 15) is 0 Å². The van der Waals surface area contributed by atoms with Crippen LogP contribution >= 0.6 is 35.3 Å². The molecule has 1 aromatic rings. The molecule has 3 nitrogen and oxygen atoms in total. The molecule has 92 valence electrons. The Morgan fingerprint density at radius 2 is 2.50 bits per heavy atom. The molecule has 0 aliphatic carbocycles. The molecular formula is C10H17Cl2N3S. The molecule has 0 spiro atoms. The first-order valence-electron chi connectivity index (χ1n) is 5.26. The zero-order valence-corrected chi connectivity index (χ0v) is 11.7. The number of halogens is 2. The number of hydrogen-bond acceptors (Lipinski definition) is 4. The maximum Gasteiger partial charge on any atom is 0.183 e. The fraction of sp³-hybridized carbons (Fsp3) is 0.700. The molecule has 1 fully saturated rings. The number of likely N-dealkylation sites (N-methyl/N-ethyl adjacent to an activating group) is 1. The average molecular weight is 282 g/mol. The summed E-state index contributed by atoms with van der Waals surface area (Å²) in [5.41, 5.74) is 0. The minimum atomic E-state index is 0. The monoisotopic (exact) mass is 281 g/mol. The van der Waals surface area contributed by atoms with E-state index >= 15 is 0 Å². The maximum atomic E-state index is 5.79. The van der Waals surface area contributed by atoms with Crippen LogP contribution in [0.3, 0.4) is 0 Å². The summed E-state index contributed by atoms with van der Waals surface area (Å²) in [5, 5.41) is 3.50. The van der Waals surface area contributed by atoms with E-state index in [0.29, 0.717) is 10.5 Å². The third kappa shape index (κ3) is 4.18. The van der Waals surface area contributed by atoms with Gasteiger partial charge in [0.25, 0.3) is 0 Å². The number of hydrogen-bond donors (Lipinski definition) is 1. The lowest BCUT2D eigenvalue weighted by atomic mass is 10.2. The molecule has 0 bridgehead atoms. The Hall–Kier alpha value is 0.130. The van der Waals surface area contributed by atoms with E-state index in [-0.39, 0.29) is 12.4 Å². The SMILES string of the molecule is CN(Cc1cnc(Cl)s1)CC1CCCN1.Cl. The lowest BCUT2D eigenvalue weighted by Crippen LogP contribution is -2.34. The van der Waals surface area contributed by atoms with Crippen LogP contribution < -0.4 is 5.32 Å². The van der Waals surface area contributed by atoms with Gasteiger partial charge in [0.2, 0.25) is 0 Å². The van der Waals surface area contributed by atoms with Crippen molar-refractivity contribution in [3.63, 3.8) is 0 Å². The van der Waals surface area contributed by atoms with Gasteiger partial charge in [-0.05, 0) is 26.4 Å². The second-order valence-electron chi connectivity index (χ2n) is 4.07. The van der Waals surface area contributed by atoms with Crippen LogP contribution in [0.2, 0.25) is 4.47 Å². The van der Waals surface area contributed by atoms with Gasteiger partial charge in [-0.2, -0.15) is 0 Å². The summed E-state index contributed by atoms with van der Waals surface area (Å²) in [4.78, 5) is 7.61. The van der Waals surface area contributed by atoms with Crippen molar-refractivity contribution >= 4 is 35.3 Å². The molecule has 1 aromatic heterocycles. The van der Waals surface area contributed by atoms with Gasteiger partial charge in [-0.3, -0.25) is 4.90 Å². The normalized spacial score (nSPS) is 20.1. The Bertz CT molecular complexity index is 313. The van der Waals surface area contributed by atoms with Gasteiger partial charge in [0, 0.05) is 30.2 Å². The maximum absolute atomic E-state index is 5.79. The Labute approximate surface area is 112 Å². The van der Waals surface area contributed by atoms with Crippen LogP contribution in [0.5, 0.6) is 0 Å². The first-order chi connectivity index (χ1) is 7.24. The van der Waals surface area contributed by atoms with E-state index in [1.165, 1.54) is 24.3 Å². The second kappa shape index (κ2) is 6.77. The van der Waals surface area contributed by atoms with E-state index in [1.54, 1.807) is 11.3 Å². The molecule has 1 unspecified atom stereocenters. The summed E-state index contributed by atoms with van der Waals surface area (Å²) < 4.78 is 0.636. The molecule has 2 heterocycles. The van der Waals surface area contributed by atoms with Crippen molar-refractivity contribution in [2.45, 2.75) is 25.4 Å². The summed E-state index contributed by atoms with van der Waals surface area (Å²) in [7, 11) is 2.15. The van der Waals surface area contributed by atoms with Gasteiger partial charge in [-0.15, -0.1) is 23.7 Å². The first kappa shape index (κ1) is 14.2. The van der Waals surface area contributed by atoms with Crippen LogP contribution in [0, 0.1) is 0 Å².